The number of benzene rings is 1. The molecule has 0 aromatic heterocycles. The van der Waals surface area contributed by atoms with Crippen molar-refractivity contribution in [3.63, 3.8) is 0 Å². The van der Waals surface area contributed by atoms with Crippen molar-refractivity contribution in [2.45, 2.75) is 142 Å². The zero-order chi connectivity index (χ0) is 38.7. The van der Waals surface area contributed by atoms with E-state index < -0.39 is 33.4 Å². The monoisotopic (exact) mass is 760 g/mol. The van der Waals surface area contributed by atoms with Gasteiger partial charge in [0.2, 0.25) is 0 Å². The van der Waals surface area contributed by atoms with Crippen molar-refractivity contribution in [1.29, 1.82) is 0 Å². The lowest BCUT2D eigenvalue weighted by Crippen LogP contribution is -2.53. The van der Waals surface area contributed by atoms with Gasteiger partial charge in [-0.25, -0.2) is 0 Å². The van der Waals surface area contributed by atoms with E-state index in [2.05, 4.69) is 38.1 Å². The fourth-order valence-electron chi connectivity index (χ4n) is 6.04. The molecule has 0 aliphatic carbocycles. The average molecular weight is 761 g/mol. The van der Waals surface area contributed by atoms with Crippen LogP contribution in [0.3, 0.4) is 0 Å². The number of hydrogen-bond acceptors (Lipinski definition) is 12. The van der Waals surface area contributed by atoms with Gasteiger partial charge in [0, 0.05) is 16.2 Å². The average Bonchev–Trinajstić information content (AvgIpc) is 3.11. The highest BCUT2D eigenvalue weighted by molar-refractivity contribution is 7.38. The molecule has 0 aliphatic heterocycles. The van der Waals surface area contributed by atoms with E-state index in [1.165, 1.54) is 83.5 Å². The van der Waals surface area contributed by atoms with Gasteiger partial charge in [-0.2, -0.15) is 0 Å². The molecule has 1 unspecified atom stereocenters. The molecule has 0 amide bonds. The summed E-state index contributed by atoms with van der Waals surface area (Å²) >= 11 is 0. The standard InChI is InChI=1S/C30H54O3.C6H14O3.2H3O3P/c1-3-5-7-9-11-13-15-20-24-30(28-21-17-16-18-22-28,29(25-31,26-32)27-33)23-19-14-12-10-8-6-4-2;1-2-6(3-7,4-8)5-9;2*1-4(2)3/h16-18,21-22,31-33H,3-15,19-20,23-27H2,1-2H3;7-9H,2-5H2,1H3;2*1-3H. The van der Waals surface area contributed by atoms with Crippen LogP contribution in [0, 0.1) is 10.8 Å². The van der Waals surface area contributed by atoms with Gasteiger partial charge < -0.3 is 60.0 Å². The van der Waals surface area contributed by atoms with Crippen LogP contribution in [0.15, 0.2) is 30.3 Å². The van der Waals surface area contributed by atoms with Gasteiger partial charge in [0.05, 0.1) is 39.6 Å². The minimum absolute atomic E-state index is 0.156. The minimum Gasteiger partial charge on any atom is -0.396 e. The van der Waals surface area contributed by atoms with Gasteiger partial charge in [-0.1, -0.05) is 147 Å². The smallest absolute Gasteiger partial charge is 0.324 e. The van der Waals surface area contributed by atoms with E-state index in [0.717, 1.165) is 31.2 Å². The van der Waals surface area contributed by atoms with Crippen molar-refractivity contribution in [2.24, 2.45) is 10.8 Å². The Morgan fingerprint density at radius 1 is 0.440 bits per heavy atom. The second-order valence-electron chi connectivity index (χ2n) is 13.2. The number of unbranched alkanes of at least 4 members (excludes halogenated alkanes) is 13. The third kappa shape index (κ3) is 24.8. The van der Waals surface area contributed by atoms with Crippen LogP contribution in [0.1, 0.15) is 142 Å². The second kappa shape index (κ2) is 35.6. The molecule has 12 nitrogen and oxygen atoms in total. The summed E-state index contributed by atoms with van der Waals surface area (Å²) in [5, 5.41) is 57.4. The SMILES string of the molecule is CCC(CO)(CO)CO.CCCCCCCCCCC(CCCCCCCCC)(c1ccccc1)C(CO)(CO)CO.OP(O)O.OP(O)O. The summed E-state index contributed by atoms with van der Waals surface area (Å²) in [7, 11) is -5.24. The summed E-state index contributed by atoms with van der Waals surface area (Å²) in [4.78, 5) is 43.4. The molecule has 0 radical (unpaired) electrons. The maximum absolute atomic E-state index is 10.5. The summed E-state index contributed by atoms with van der Waals surface area (Å²) in [5.41, 5.74) is -0.813. The van der Waals surface area contributed by atoms with E-state index in [4.69, 9.17) is 44.7 Å². The highest BCUT2D eigenvalue weighted by Gasteiger charge is 2.50. The van der Waals surface area contributed by atoms with Crippen LogP contribution in [0.4, 0.5) is 0 Å². The maximum Gasteiger partial charge on any atom is 0.324 e. The second-order valence-corrected chi connectivity index (χ2v) is 14.2. The molecule has 300 valence electrons. The molecular formula is C36H74O12P2. The van der Waals surface area contributed by atoms with Crippen LogP contribution in [0.2, 0.25) is 0 Å². The van der Waals surface area contributed by atoms with E-state index in [1.807, 2.05) is 13.0 Å². The zero-order valence-corrected chi connectivity index (χ0v) is 32.9. The molecule has 1 rings (SSSR count). The summed E-state index contributed by atoms with van der Waals surface area (Å²) in [6, 6.07) is 10.4. The van der Waals surface area contributed by atoms with E-state index in [-0.39, 0.29) is 39.6 Å². The molecule has 14 heteroatoms. The fraction of sp³-hybridized carbons (Fsp3) is 0.833. The molecule has 1 atom stereocenters. The minimum atomic E-state index is -2.62. The van der Waals surface area contributed by atoms with Crippen LogP contribution < -0.4 is 0 Å². The molecule has 50 heavy (non-hydrogen) atoms. The molecule has 0 aliphatic rings. The number of rotatable bonds is 26. The van der Waals surface area contributed by atoms with Crippen LogP contribution in [-0.4, -0.2) is 99.6 Å². The van der Waals surface area contributed by atoms with Gasteiger partial charge in [-0.05, 0) is 24.8 Å². The van der Waals surface area contributed by atoms with Crippen LogP contribution in [-0.2, 0) is 5.41 Å². The normalized spacial score (nSPS) is 12.7. The van der Waals surface area contributed by atoms with Gasteiger partial charge in [0.1, 0.15) is 0 Å². The topological polar surface area (TPSA) is 243 Å². The summed E-state index contributed by atoms with van der Waals surface area (Å²) in [5.74, 6) is 0. The third-order valence-corrected chi connectivity index (χ3v) is 9.67. The molecule has 0 saturated carbocycles. The van der Waals surface area contributed by atoms with Crippen molar-refractivity contribution in [2.75, 3.05) is 39.6 Å². The lowest BCUT2D eigenvalue weighted by atomic mass is 9.56. The predicted molar refractivity (Wildman–Crippen MR) is 203 cm³/mol. The van der Waals surface area contributed by atoms with E-state index in [1.54, 1.807) is 0 Å². The zero-order valence-electron chi connectivity index (χ0n) is 31.1. The van der Waals surface area contributed by atoms with Crippen molar-refractivity contribution < 1.29 is 60.0 Å². The van der Waals surface area contributed by atoms with Crippen LogP contribution in [0.5, 0.6) is 0 Å². The lowest BCUT2D eigenvalue weighted by Gasteiger charge is -2.49. The third-order valence-electron chi connectivity index (χ3n) is 9.67. The van der Waals surface area contributed by atoms with Gasteiger partial charge in [-0.15, -0.1) is 0 Å². The van der Waals surface area contributed by atoms with Gasteiger partial charge >= 0.3 is 17.2 Å². The molecule has 0 bridgehead atoms. The molecule has 12 N–H and O–H groups in total. The van der Waals surface area contributed by atoms with Gasteiger partial charge in [-0.3, -0.25) is 0 Å². The molecule has 0 heterocycles. The number of aliphatic hydroxyl groups excluding tert-OH is 6. The highest BCUT2D eigenvalue weighted by atomic mass is 31.2. The Balaban J connectivity index is -0.00000107. The van der Waals surface area contributed by atoms with Crippen LogP contribution in [0.25, 0.3) is 0 Å². The largest absolute Gasteiger partial charge is 0.396 e. The molecule has 0 saturated heterocycles. The Labute approximate surface area is 304 Å². The van der Waals surface area contributed by atoms with Crippen LogP contribution >= 0.6 is 17.2 Å². The first-order chi connectivity index (χ1) is 23.9. The lowest BCUT2D eigenvalue weighted by molar-refractivity contribution is -0.0649. The van der Waals surface area contributed by atoms with E-state index in [9.17, 15) is 15.3 Å². The Hall–Kier alpha value is -0.400. The Kier molecular flexibility index (Phi) is 38.4. The molecule has 0 spiro atoms. The molecule has 1 aromatic rings. The first-order valence-electron chi connectivity index (χ1n) is 18.3. The predicted octanol–water partition coefficient (Wildman–Crippen LogP) is 5.30. The van der Waals surface area contributed by atoms with E-state index in [0.29, 0.717) is 6.42 Å². The number of aliphatic hydroxyl groups is 6. The van der Waals surface area contributed by atoms with Crippen molar-refractivity contribution in [3.05, 3.63) is 35.9 Å². The van der Waals surface area contributed by atoms with E-state index >= 15 is 0 Å². The summed E-state index contributed by atoms with van der Waals surface area (Å²) < 4.78 is 0. The Morgan fingerprint density at radius 2 is 0.740 bits per heavy atom. The highest BCUT2D eigenvalue weighted by Crippen LogP contribution is 2.49. The molecular weight excluding hydrogens is 686 g/mol. The van der Waals surface area contributed by atoms with Gasteiger partial charge in [0.25, 0.3) is 0 Å². The molecule has 1 aromatic carbocycles. The van der Waals surface area contributed by atoms with Gasteiger partial charge in [0.15, 0.2) is 0 Å². The Bertz CT molecular complexity index is 778. The molecule has 0 fully saturated rings. The fourth-order valence-corrected chi connectivity index (χ4v) is 6.04. The van der Waals surface area contributed by atoms with Crippen molar-refractivity contribution in [3.8, 4) is 0 Å². The summed E-state index contributed by atoms with van der Waals surface area (Å²) in [6.07, 6.45) is 21.1. The number of hydrogen-bond donors (Lipinski definition) is 12. The maximum atomic E-state index is 10.5. The van der Waals surface area contributed by atoms with Crippen molar-refractivity contribution >= 4 is 17.2 Å². The van der Waals surface area contributed by atoms with Crippen molar-refractivity contribution in [1.82, 2.24) is 0 Å². The quantitative estimate of drug-likeness (QED) is 0.0425. The first-order valence-corrected chi connectivity index (χ1v) is 20.7. The summed E-state index contributed by atoms with van der Waals surface area (Å²) in [6.45, 7) is 5.28. The first kappa shape index (κ1) is 53.9. The Morgan fingerprint density at radius 3 is 0.980 bits per heavy atom.